The molecule has 0 saturated carbocycles. The maximum atomic E-state index is 13.3. The lowest BCUT2D eigenvalue weighted by atomic mass is 10.1. The third kappa shape index (κ3) is 1.23. The molecule has 0 saturated heterocycles. The molecule has 0 radical (unpaired) electrons. The van der Waals surface area contributed by atoms with Crippen LogP contribution in [0, 0.1) is 5.82 Å². The number of fused-ring (bicyclic) bond motifs is 1. The van der Waals surface area contributed by atoms with Gasteiger partial charge in [0.1, 0.15) is 5.82 Å². The highest BCUT2D eigenvalue weighted by Gasteiger charge is 2.12. The Hall–Kier alpha value is -1.26. The number of aliphatic hydroxyl groups excluding tert-OH is 1. The van der Waals surface area contributed by atoms with Crippen LogP contribution in [-0.4, -0.2) is 11.4 Å². The summed E-state index contributed by atoms with van der Waals surface area (Å²) in [6.07, 6.45) is 0.648. The first-order valence-electron chi connectivity index (χ1n) is 4.04. The van der Waals surface area contributed by atoms with Crippen molar-refractivity contribution in [3.05, 3.63) is 34.5 Å². The monoisotopic (exact) mass is 210 g/mol. The van der Waals surface area contributed by atoms with E-state index in [4.69, 9.17) is 5.11 Å². The number of halogens is 1. The summed E-state index contributed by atoms with van der Waals surface area (Å²) in [5.41, 5.74) is 0.513. The van der Waals surface area contributed by atoms with Gasteiger partial charge < -0.3 is 5.11 Å². The SMILES string of the molecule is O=Cc1sc2c(F)cccc2c1CO. The zero-order chi connectivity index (χ0) is 10.1. The summed E-state index contributed by atoms with van der Waals surface area (Å²) in [4.78, 5) is 11.0. The first-order chi connectivity index (χ1) is 6.77. The van der Waals surface area contributed by atoms with E-state index in [1.165, 1.54) is 6.07 Å². The fourth-order valence-electron chi connectivity index (χ4n) is 1.41. The van der Waals surface area contributed by atoms with Crippen LogP contribution in [-0.2, 0) is 6.61 Å². The van der Waals surface area contributed by atoms with Crippen molar-refractivity contribution in [2.24, 2.45) is 0 Å². The number of aliphatic hydroxyl groups is 1. The number of carbonyl (C=O) groups is 1. The van der Waals surface area contributed by atoms with Crippen molar-refractivity contribution in [3.8, 4) is 0 Å². The number of aldehydes is 1. The molecule has 72 valence electrons. The molecule has 4 heteroatoms. The number of rotatable bonds is 2. The normalized spacial score (nSPS) is 10.7. The number of hydrogen-bond donors (Lipinski definition) is 1. The summed E-state index contributed by atoms with van der Waals surface area (Å²) >= 11 is 1.07. The van der Waals surface area contributed by atoms with Crippen LogP contribution in [0.5, 0.6) is 0 Å². The molecule has 2 nitrogen and oxygen atoms in total. The smallest absolute Gasteiger partial charge is 0.160 e. The standard InChI is InChI=1S/C10H7FO2S/c11-8-3-1-2-6-7(4-12)9(5-13)14-10(6)8/h1-3,5,12H,4H2. The molecule has 1 heterocycles. The fraction of sp³-hybridized carbons (Fsp3) is 0.100. The first kappa shape index (κ1) is 9.30. The average Bonchev–Trinajstić information content (AvgIpc) is 2.57. The Morgan fingerprint density at radius 1 is 1.50 bits per heavy atom. The van der Waals surface area contributed by atoms with Crippen molar-refractivity contribution in [1.82, 2.24) is 0 Å². The third-order valence-electron chi connectivity index (χ3n) is 2.07. The van der Waals surface area contributed by atoms with Crippen LogP contribution in [0.4, 0.5) is 4.39 Å². The predicted molar refractivity (Wildman–Crippen MR) is 53.1 cm³/mol. The lowest BCUT2D eigenvalue weighted by Gasteiger charge is -1.94. The van der Waals surface area contributed by atoms with Crippen molar-refractivity contribution in [2.75, 3.05) is 0 Å². The van der Waals surface area contributed by atoms with E-state index in [2.05, 4.69) is 0 Å². The summed E-state index contributed by atoms with van der Waals surface area (Å²) in [7, 11) is 0. The van der Waals surface area contributed by atoms with Gasteiger partial charge in [-0.05, 0) is 6.07 Å². The molecule has 1 aromatic carbocycles. The van der Waals surface area contributed by atoms with Gasteiger partial charge in [-0.2, -0.15) is 0 Å². The van der Waals surface area contributed by atoms with E-state index < -0.39 is 0 Å². The van der Waals surface area contributed by atoms with Gasteiger partial charge in [-0.25, -0.2) is 4.39 Å². The molecule has 0 aliphatic carbocycles. The molecule has 0 amide bonds. The third-order valence-corrected chi connectivity index (χ3v) is 3.25. The van der Waals surface area contributed by atoms with Gasteiger partial charge >= 0.3 is 0 Å². The van der Waals surface area contributed by atoms with Gasteiger partial charge in [0.2, 0.25) is 0 Å². The molecule has 0 unspecified atom stereocenters. The van der Waals surface area contributed by atoms with Crippen molar-refractivity contribution in [1.29, 1.82) is 0 Å². The van der Waals surface area contributed by atoms with Gasteiger partial charge in [0.05, 0.1) is 16.2 Å². The summed E-state index contributed by atoms with van der Waals surface area (Å²) in [5, 5.41) is 9.68. The number of thiophene rings is 1. The van der Waals surface area contributed by atoms with Gasteiger partial charge in [-0.3, -0.25) is 4.79 Å². The van der Waals surface area contributed by atoms with Crippen LogP contribution in [0.2, 0.25) is 0 Å². The van der Waals surface area contributed by atoms with Gasteiger partial charge in [-0.15, -0.1) is 11.3 Å². The predicted octanol–water partition coefficient (Wildman–Crippen LogP) is 2.35. The fourth-order valence-corrected chi connectivity index (χ4v) is 2.45. The molecule has 0 bridgehead atoms. The number of carbonyl (C=O) groups excluding carboxylic acids is 1. The van der Waals surface area contributed by atoms with Gasteiger partial charge in [0, 0.05) is 10.9 Å². The van der Waals surface area contributed by atoms with Crippen LogP contribution in [0.3, 0.4) is 0 Å². The lowest BCUT2D eigenvalue weighted by molar-refractivity contribution is 0.112. The molecule has 0 atom stereocenters. The van der Waals surface area contributed by atoms with Crippen molar-refractivity contribution in [2.45, 2.75) is 6.61 Å². The topological polar surface area (TPSA) is 37.3 Å². The average molecular weight is 210 g/mol. The lowest BCUT2D eigenvalue weighted by Crippen LogP contribution is -1.85. The number of hydrogen-bond acceptors (Lipinski definition) is 3. The van der Waals surface area contributed by atoms with Crippen molar-refractivity contribution >= 4 is 27.7 Å². The van der Waals surface area contributed by atoms with E-state index in [1.54, 1.807) is 12.1 Å². The van der Waals surface area contributed by atoms with Gasteiger partial charge in [0.15, 0.2) is 6.29 Å². The van der Waals surface area contributed by atoms with Crippen LogP contribution in [0.25, 0.3) is 10.1 Å². The molecule has 1 N–H and O–H groups in total. The molecule has 0 aliphatic heterocycles. The van der Waals surface area contributed by atoms with E-state index in [1.807, 2.05) is 0 Å². The van der Waals surface area contributed by atoms with Crippen molar-refractivity contribution in [3.63, 3.8) is 0 Å². The Balaban J connectivity index is 2.86. The second-order valence-corrected chi connectivity index (χ2v) is 3.89. The summed E-state index contributed by atoms with van der Waals surface area (Å²) in [6, 6.07) is 4.61. The highest BCUT2D eigenvalue weighted by molar-refractivity contribution is 7.20. The minimum atomic E-state index is -0.352. The molecule has 14 heavy (non-hydrogen) atoms. The molecule has 0 spiro atoms. The Morgan fingerprint density at radius 2 is 2.29 bits per heavy atom. The molecule has 0 fully saturated rings. The highest BCUT2D eigenvalue weighted by Crippen LogP contribution is 2.31. The first-order valence-corrected chi connectivity index (χ1v) is 4.85. The minimum Gasteiger partial charge on any atom is -0.392 e. The van der Waals surface area contributed by atoms with E-state index >= 15 is 0 Å². The van der Waals surface area contributed by atoms with E-state index in [-0.39, 0.29) is 12.4 Å². The molecule has 1 aromatic heterocycles. The zero-order valence-corrected chi connectivity index (χ0v) is 7.97. The molecule has 2 aromatic rings. The largest absolute Gasteiger partial charge is 0.392 e. The Morgan fingerprint density at radius 3 is 2.93 bits per heavy atom. The number of benzene rings is 1. The summed E-state index contributed by atoms with van der Waals surface area (Å²) < 4.78 is 13.7. The summed E-state index contributed by atoms with van der Waals surface area (Å²) in [6.45, 7) is -0.239. The second kappa shape index (κ2) is 3.48. The quantitative estimate of drug-likeness (QED) is 0.772. The molecular weight excluding hydrogens is 203 g/mol. The van der Waals surface area contributed by atoms with Gasteiger partial charge in [-0.1, -0.05) is 12.1 Å². The molecule has 2 rings (SSSR count). The van der Waals surface area contributed by atoms with Gasteiger partial charge in [0.25, 0.3) is 0 Å². The second-order valence-electron chi connectivity index (χ2n) is 2.84. The maximum Gasteiger partial charge on any atom is 0.160 e. The van der Waals surface area contributed by atoms with Crippen LogP contribution in [0.15, 0.2) is 18.2 Å². The van der Waals surface area contributed by atoms with Crippen LogP contribution in [0.1, 0.15) is 15.2 Å². The highest BCUT2D eigenvalue weighted by atomic mass is 32.1. The minimum absolute atomic E-state index is 0.239. The summed E-state index contributed by atoms with van der Waals surface area (Å²) in [5.74, 6) is -0.352. The van der Waals surface area contributed by atoms with E-state index in [0.29, 0.717) is 26.8 Å². The van der Waals surface area contributed by atoms with E-state index in [0.717, 1.165) is 11.3 Å². The van der Waals surface area contributed by atoms with E-state index in [9.17, 15) is 9.18 Å². The van der Waals surface area contributed by atoms with Crippen molar-refractivity contribution < 1.29 is 14.3 Å². The Bertz CT molecular complexity index is 490. The molecule has 0 aliphatic rings. The van der Waals surface area contributed by atoms with Crippen LogP contribution >= 0.6 is 11.3 Å². The zero-order valence-electron chi connectivity index (χ0n) is 7.16. The Kier molecular flexibility index (Phi) is 2.31. The molecular formula is C10H7FO2S. The maximum absolute atomic E-state index is 13.3. The Labute approximate surface area is 83.6 Å². The van der Waals surface area contributed by atoms with Crippen LogP contribution < -0.4 is 0 Å².